The van der Waals surface area contributed by atoms with Gasteiger partial charge < -0.3 is 19.5 Å². The van der Waals surface area contributed by atoms with Gasteiger partial charge in [0.1, 0.15) is 0 Å². The third-order valence-corrected chi connectivity index (χ3v) is 5.07. The number of fused-ring (bicyclic) bond motifs is 1. The number of aryl methyl sites for hydroxylation is 1. The number of rotatable bonds is 6. The lowest BCUT2D eigenvalue weighted by Gasteiger charge is -2.10. The van der Waals surface area contributed by atoms with E-state index in [9.17, 15) is 14.4 Å². The van der Waals surface area contributed by atoms with Crippen molar-refractivity contribution in [3.63, 3.8) is 0 Å². The van der Waals surface area contributed by atoms with Crippen LogP contribution in [0.15, 0.2) is 48.5 Å². The van der Waals surface area contributed by atoms with Crippen LogP contribution >= 0.6 is 0 Å². The van der Waals surface area contributed by atoms with E-state index in [0.29, 0.717) is 41.8 Å². The highest BCUT2D eigenvalue weighted by Crippen LogP contribution is 2.32. The summed E-state index contributed by atoms with van der Waals surface area (Å²) in [7, 11) is 0. The molecule has 0 atom stereocenters. The number of aromatic nitrogens is 2. The third kappa shape index (κ3) is 4.87. The normalized spacial score (nSPS) is 12.5. The average molecular weight is 449 g/mol. The Morgan fingerprint density at radius 1 is 1.03 bits per heavy atom. The van der Waals surface area contributed by atoms with Crippen LogP contribution in [0.2, 0.25) is 0 Å². The Kier molecular flexibility index (Phi) is 6.39. The van der Waals surface area contributed by atoms with Gasteiger partial charge in [-0.2, -0.15) is 5.10 Å². The van der Waals surface area contributed by atoms with E-state index in [1.54, 1.807) is 36.7 Å². The number of Topliss-reactive ketones (excluding diaryl/α,β-unsaturated/α-hetero) is 1. The lowest BCUT2D eigenvalue weighted by molar-refractivity contribution is -0.142. The molecule has 1 amide bonds. The first kappa shape index (κ1) is 22.1. The predicted molar refractivity (Wildman–Crippen MR) is 119 cm³/mol. The van der Waals surface area contributed by atoms with Crippen LogP contribution in [0.25, 0.3) is 5.69 Å². The zero-order valence-corrected chi connectivity index (χ0v) is 18.3. The molecule has 3 aromatic rings. The van der Waals surface area contributed by atoms with E-state index in [0.717, 1.165) is 12.1 Å². The van der Waals surface area contributed by atoms with Crippen molar-refractivity contribution < 1.29 is 28.6 Å². The first-order valence-electron chi connectivity index (χ1n) is 10.5. The van der Waals surface area contributed by atoms with Crippen LogP contribution in [-0.2, 0) is 14.3 Å². The van der Waals surface area contributed by atoms with Crippen molar-refractivity contribution in [2.45, 2.75) is 20.3 Å². The van der Waals surface area contributed by atoms with E-state index >= 15 is 0 Å². The number of nitrogens with one attached hydrogen (secondary N) is 1. The van der Waals surface area contributed by atoms with Crippen LogP contribution in [0.1, 0.15) is 28.2 Å². The zero-order chi connectivity index (χ0) is 23.4. The van der Waals surface area contributed by atoms with Gasteiger partial charge in [0.05, 0.1) is 35.9 Å². The molecule has 2 aromatic carbocycles. The van der Waals surface area contributed by atoms with Crippen LogP contribution in [-0.4, -0.2) is 47.3 Å². The molecule has 0 radical (unpaired) electrons. The fraction of sp³-hybridized carbons (Fsp3) is 0.250. The lowest BCUT2D eigenvalue weighted by atomic mass is 10.1. The highest BCUT2D eigenvalue weighted by Gasteiger charge is 2.27. The highest BCUT2D eigenvalue weighted by molar-refractivity contribution is 6.41. The Labute approximate surface area is 190 Å². The number of ketones is 1. The van der Waals surface area contributed by atoms with Gasteiger partial charge in [0, 0.05) is 18.2 Å². The molecule has 0 saturated heterocycles. The van der Waals surface area contributed by atoms with Crippen molar-refractivity contribution in [2.75, 3.05) is 25.1 Å². The molecule has 170 valence electrons. The molecule has 1 aliphatic heterocycles. The second-order valence-electron chi connectivity index (χ2n) is 7.46. The molecule has 0 spiro atoms. The fourth-order valence-electron chi connectivity index (χ4n) is 3.53. The summed E-state index contributed by atoms with van der Waals surface area (Å²) < 4.78 is 17.7. The molecular weight excluding hydrogens is 426 g/mol. The molecule has 9 heteroatoms. The van der Waals surface area contributed by atoms with E-state index in [1.807, 2.05) is 30.3 Å². The molecule has 0 fully saturated rings. The zero-order valence-electron chi connectivity index (χ0n) is 18.3. The van der Waals surface area contributed by atoms with Crippen LogP contribution in [0.3, 0.4) is 0 Å². The molecule has 1 aliphatic rings. The van der Waals surface area contributed by atoms with Gasteiger partial charge in [0.15, 0.2) is 18.1 Å². The summed E-state index contributed by atoms with van der Waals surface area (Å²) in [5.74, 6) is -1.43. The number of benzene rings is 2. The molecule has 9 nitrogen and oxygen atoms in total. The quantitative estimate of drug-likeness (QED) is 0.350. The molecule has 0 unspecified atom stereocenters. The van der Waals surface area contributed by atoms with Crippen LogP contribution in [0.4, 0.5) is 5.69 Å². The van der Waals surface area contributed by atoms with E-state index < -0.39 is 24.3 Å². The van der Waals surface area contributed by atoms with E-state index in [-0.39, 0.29) is 5.56 Å². The van der Waals surface area contributed by atoms with Crippen molar-refractivity contribution >= 4 is 23.3 Å². The molecule has 4 rings (SSSR count). The van der Waals surface area contributed by atoms with Crippen LogP contribution in [0.5, 0.6) is 11.5 Å². The summed E-state index contributed by atoms with van der Waals surface area (Å²) in [6.45, 7) is 3.81. The number of anilines is 1. The Hall–Kier alpha value is -4.14. The summed E-state index contributed by atoms with van der Waals surface area (Å²) in [5, 5.41) is 6.98. The number of ether oxygens (including phenoxy) is 3. The summed E-state index contributed by atoms with van der Waals surface area (Å²) in [5.41, 5.74) is 2.29. The Balaban J connectivity index is 1.38. The standard InChI is InChI=1S/C24H23N3O6/c1-15-22(16(2)27(26-15)18-7-4-3-5-8-18)23(29)24(30)33-14-21(28)25-17-9-10-19-20(13-17)32-12-6-11-31-19/h3-5,7-10,13H,6,11-12,14H2,1-2H3,(H,25,28). The van der Waals surface area contributed by atoms with Crippen molar-refractivity contribution in [1.29, 1.82) is 0 Å². The molecule has 0 bridgehead atoms. The van der Waals surface area contributed by atoms with Crippen LogP contribution < -0.4 is 14.8 Å². The largest absolute Gasteiger partial charge is 0.490 e. The summed E-state index contributed by atoms with van der Waals surface area (Å²) in [4.78, 5) is 37.3. The molecule has 0 saturated carbocycles. The Bertz CT molecular complexity index is 1200. The van der Waals surface area contributed by atoms with E-state index in [1.165, 1.54) is 0 Å². The first-order chi connectivity index (χ1) is 15.9. The number of para-hydroxylation sites is 1. The summed E-state index contributed by atoms with van der Waals surface area (Å²) in [6.07, 6.45) is 0.767. The third-order valence-electron chi connectivity index (χ3n) is 5.07. The van der Waals surface area contributed by atoms with Crippen molar-refractivity contribution in [3.8, 4) is 17.2 Å². The predicted octanol–water partition coefficient (Wildman–Crippen LogP) is 3.02. The molecule has 33 heavy (non-hydrogen) atoms. The topological polar surface area (TPSA) is 109 Å². The van der Waals surface area contributed by atoms with Gasteiger partial charge in [-0.1, -0.05) is 18.2 Å². The minimum Gasteiger partial charge on any atom is -0.490 e. The number of esters is 1. The average Bonchev–Trinajstić information content (AvgIpc) is 2.97. The second kappa shape index (κ2) is 9.56. The monoisotopic (exact) mass is 449 g/mol. The van der Waals surface area contributed by atoms with Gasteiger partial charge in [-0.05, 0) is 38.1 Å². The van der Waals surface area contributed by atoms with Crippen molar-refractivity contribution in [3.05, 3.63) is 65.5 Å². The van der Waals surface area contributed by atoms with Gasteiger partial charge >= 0.3 is 5.97 Å². The number of amides is 1. The van der Waals surface area contributed by atoms with E-state index in [2.05, 4.69) is 10.4 Å². The number of carbonyl (C=O) groups excluding carboxylic acids is 3. The van der Waals surface area contributed by atoms with Crippen molar-refractivity contribution in [2.24, 2.45) is 0 Å². The van der Waals surface area contributed by atoms with Gasteiger partial charge in [0.25, 0.3) is 11.7 Å². The summed E-state index contributed by atoms with van der Waals surface area (Å²) in [6, 6.07) is 14.2. The Morgan fingerprint density at radius 3 is 2.52 bits per heavy atom. The minimum absolute atomic E-state index is 0.159. The van der Waals surface area contributed by atoms with Gasteiger partial charge in [-0.25, -0.2) is 9.48 Å². The molecular formula is C24H23N3O6. The minimum atomic E-state index is -1.12. The smallest absolute Gasteiger partial charge is 0.380 e. The van der Waals surface area contributed by atoms with Crippen LogP contribution in [0, 0.1) is 13.8 Å². The molecule has 2 heterocycles. The highest BCUT2D eigenvalue weighted by atomic mass is 16.5. The first-order valence-corrected chi connectivity index (χ1v) is 10.5. The molecule has 1 N–H and O–H groups in total. The van der Waals surface area contributed by atoms with Gasteiger partial charge in [-0.15, -0.1) is 0 Å². The van der Waals surface area contributed by atoms with Gasteiger partial charge in [0.2, 0.25) is 0 Å². The maximum Gasteiger partial charge on any atom is 0.380 e. The van der Waals surface area contributed by atoms with E-state index in [4.69, 9.17) is 14.2 Å². The molecule has 0 aliphatic carbocycles. The maximum atomic E-state index is 12.7. The maximum absolute atomic E-state index is 12.7. The molecule has 1 aromatic heterocycles. The number of carbonyl (C=O) groups is 3. The second-order valence-corrected chi connectivity index (χ2v) is 7.46. The Morgan fingerprint density at radius 2 is 1.76 bits per heavy atom. The van der Waals surface area contributed by atoms with Gasteiger partial charge in [-0.3, -0.25) is 9.59 Å². The number of nitrogens with zero attached hydrogens (tertiary/aromatic N) is 2. The number of hydrogen-bond donors (Lipinski definition) is 1. The number of hydrogen-bond acceptors (Lipinski definition) is 7. The van der Waals surface area contributed by atoms with Crippen molar-refractivity contribution in [1.82, 2.24) is 9.78 Å². The lowest BCUT2D eigenvalue weighted by Crippen LogP contribution is -2.25. The SMILES string of the molecule is Cc1nn(-c2ccccc2)c(C)c1C(=O)C(=O)OCC(=O)Nc1ccc2c(c1)OCCCO2. The summed E-state index contributed by atoms with van der Waals surface area (Å²) >= 11 is 0. The fourth-order valence-corrected chi connectivity index (χ4v) is 3.53.